The SMILES string of the molecule is Cc1ccc(CS(=O)(=O)NCc2nccs2)cc1. The van der Waals surface area contributed by atoms with Gasteiger partial charge in [0.2, 0.25) is 10.0 Å². The van der Waals surface area contributed by atoms with Crippen molar-refractivity contribution in [3.63, 3.8) is 0 Å². The molecule has 2 aromatic rings. The summed E-state index contributed by atoms with van der Waals surface area (Å²) in [6, 6.07) is 7.48. The van der Waals surface area contributed by atoms with Gasteiger partial charge in [-0.1, -0.05) is 29.8 Å². The molecule has 6 heteroatoms. The van der Waals surface area contributed by atoms with Crippen LogP contribution < -0.4 is 4.72 Å². The van der Waals surface area contributed by atoms with Crippen molar-refractivity contribution in [1.29, 1.82) is 0 Å². The molecule has 0 radical (unpaired) electrons. The molecule has 0 unspecified atom stereocenters. The van der Waals surface area contributed by atoms with Gasteiger partial charge in [-0.05, 0) is 12.5 Å². The zero-order valence-electron chi connectivity index (χ0n) is 9.96. The van der Waals surface area contributed by atoms with Gasteiger partial charge in [0, 0.05) is 11.6 Å². The van der Waals surface area contributed by atoms with E-state index in [0.717, 1.165) is 16.1 Å². The Morgan fingerprint density at radius 1 is 1.28 bits per heavy atom. The number of hydrogen-bond acceptors (Lipinski definition) is 4. The summed E-state index contributed by atoms with van der Waals surface area (Å²) in [5, 5.41) is 2.59. The van der Waals surface area contributed by atoms with Crippen LogP contribution in [-0.2, 0) is 22.3 Å². The van der Waals surface area contributed by atoms with Crippen molar-refractivity contribution in [1.82, 2.24) is 9.71 Å². The highest BCUT2D eigenvalue weighted by Crippen LogP contribution is 2.08. The average molecular weight is 282 g/mol. The molecular weight excluding hydrogens is 268 g/mol. The third-order valence-electron chi connectivity index (χ3n) is 2.40. The van der Waals surface area contributed by atoms with E-state index in [-0.39, 0.29) is 12.3 Å². The third kappa shape index (κ3) is 3.90. The molecule has 0 fully saturated rings. The Hall–Kier alpha value is -1.24. The number of thiazole rings is 1. The largest absolute Gasteiger partial charge is 0.248 e. The summed E-state index contributed by atoms with van der Waals surface area (Å²) in [6.45, 7) is 2.23. The molecule has 0 saturated heterocycles. The number of aryl methyl sites for hydroxylation is 1. The molecule has 0 aliphatic carbocycles. The zero-order valence-corrected chi connectivity index (χ0v) is 11.6. The van der Waals surface area contributed by atoms with E-state index in [2.05, 4.69) is 9.71 Å². The van der Waals surface area contributed by atoms with E-state index in [1.165, 1.54) is 11.3 Å². The fourth-order valence-corrected chi connectivity index (χ4v) is 3.20. The minimum absolute atomic E-state index is 0.00133. The molecule has 1 heterocycles. The van der Waals surface area contributed by atoms with Gasteiger partial charge in [-0.25, -0.2) is 18.1 Å². The van der Waals surface area contributed by atoms with Crippen LogP contribution in [0.4, 0.5) is 0 Å². The Labute approximate surface area is 111 Å². The highest BCUT2D eigenvalue weighted by Gasteiger charge is 2.11. The molecule has 2 rings (SSSR count). The number of hydrogen-bond donors (Lipinski definition) is 1. The molecule has 1 aromatic heterocycles. The molecule has 0 bridgehead atoms. The maximum Gasteiger partial charge on any atom is 0.216 e. The van der Waals surface area contributed by atoms with E-state index in [0.29, 0.717) is 0 Å². The van der Waals surface area contributed by atoms with E-state index >= 15 is 0 Å². The first-order valence-electron chi connectivity index (χ1n) is 5.46. The first kappa shape index (κ1) is 13.2. The van der Waals surface area contributed by atoms with Crippen LogP contribution in [0.5, 0.6) is 0 Å². The lowest BCUT2D eigenvalue weighted by Gasteiger charge is -2.05. The molecule has 0 aliphatic heterocycles. The lowest BCUT2D eigenvalue weighted by atomic mass is 10.2. The molecule has 1 aromatic carbocycles. The van der Waals surface area contributed by atoms with Crippen LogP contribution in [0.1, 0.15) is 16.1 Å². The van der Waals surface area contributed by atoms with Crippen molar-refractivity contribution in [2.75, 3.05) is 0 Å². The van der Waals surface area contributed by atoms with Gasteiger partial charge in [-0.3, -0.25) is 0 Å². The van der Waals surface area contributed by atoms with Crippen LogP contribution in [-0.4, -0.2) is 13.4 Å². The molecule has 0 saturated carbocycles. The van der Waals surface area contributed by atoms with Crippen LogP contribution in [0.15, 0.2) is 35.8 Å². The molecular formula is C12H14N2O2S2. The lowest BCUT2D eigenvalue weighted by Crippen LogP contribution is -2.24. The van der Waals surface area contributed by atoms with E-state index in [9.17, 15) is 8.42 Å². The number of nitrogens with zero attached hydrogens (tertiary/aromatic N) is 1. The van der Waals surface area contributed by atoms with Crippen molar-refractivity contribution < 1.29 is 8.42 Å². The zero-order chi connectivity index (χ0) is 13.0. The van der Waals surface area contributed by atoms with E-state index in [4.69, 9.17) is 0 Å². The van der Waals surface area contributed by atoms with Gasteiger partial charge in [0.25, 0.3) is 0 Å². The van der Waals surface area contributed by atoms with Crippen LogP contribution >= 0.6 is 11.3 Å². The maximum atomic E-state index is 11.8. The minimum atomic E-state index is -3.31. The highest BCUT2D eigenvalue weighted by molar-refractivity contribution is 7.88. The van der Waals surface area contributed by atoms with Crippen molar-refractivity contribution in [3.05, 3.63) is 52.0 Å². The number of aromatic nitrogens is 1. The molecule has 96 valence electrons. The first-order chi connectivity index (χ1) is 8.55. The summed E-state index contributed by atoms with van der Waals surface area (Å²) in [4.78, 5) is 4.03. The molecule has 4 nitrogen and oxygen atoms in total. The van der Waals surface area contributed by atoms with Gasteiger partial charge in [0.05, 0.1) is 12.3 Å². The quantitative estimate of drug-likeness (QED) is 0.913. The number of sulfonamides is 1. The predicted octanol–water partition coefficient (Wildman–Crippen LogP) is 2.07. The normalized spacial score (nSPS) is 11.6. The first-order valence-corrected chi connectivity index (χ1v) is 8.00. The van der Waals surface area contributed by atoms with Gasteiger partial charge in [0.15, 0.2) is 0 Å². The summed E-state index contributed by atoms with van der Waals surface area (Å²) >= 11 is 1.43. The average Bonchev–Trinajstić information content (AvgIpc) is 2.83. The standard InChI is InChI=1S/C12H14N2O2S2/c1-10-2-4-11(5-3-10)9-18(15,16)14-8-12-13-6-7-17-12/h2-7,14H,8-9H2,1H3. The van der Waals surface area contributed by atoms with Crippen molar-refractivity contribution in [2.45, 2.75) is 19.2 Å². The maximum absolute atomic E-state index is 11.8. The topological polar surface area (TPSA) is 59.1 Å². The van der Waals surface area contributed by atoms with Crippen molar-refractivity contribution in [3.8, 4) is 0 Å². The van der Waals surface area contributed by atoms with Gasteiger partial charge >= 0.3 is 0 Å². The van der Waals surface area contributed by atoms with Crippen molar-refractivity contribution in [2.24, 2.45) is 0 Å². The molecule has 0 spiro atoms. The van der Waals surface area contributed by atoms with E-state index < -0.39 is 10.0 Å². The number of nitrogens with one attached hydrogen (secondary N) is 1. The summed E-state index contributed by atoms with van der Waals surface area (Å²) in [6.07, 6.45) is 1.66. The van der Waals surface area contributed by atoms with Crippen LogP contribution in [0.25, 0.3) is 0 Å². The summed E-state index contributed by atoms with van der Waals surface area (Å²) < 4.78 is 26.2. The number of rotatable bonds is 5. The van der Waals surface area contributed by atoms with Crippen molar-refractivity contribution >= 4 is 21.4 Å². The van der Waals surface area contributed by atoms with Gasteiger partial charge in [-0.15, -0.1) is 11.3 Å². The van der Waals surface area contributed by atoms with E-state index in [1.54, 1.807) is 6.20 Å². The summed E-state index contributed by atoms with van der Waals surface area (Å²) in [5.74, 6) is -0.00133. The monoisotopic (exact) mass is 282 g/mol. The lowest BCUT2D eigenvalue weighted by molar-refractivity contribution is 0.580. The summed E-state index contributed by atoms with van der Waals surface area (Å²) in [7, 11) is -3.31. The van der Waals surface area contributed by atoms with Gasteiger partial charge in [0.1, 0.15) is 5.01 Å². The Balaban J connectivity index is 1.97. The molecule has 0 aliphatic rings. The second-order valence-corrected chi connectivity index (χ2v) is 6.78. The molecule has 18 heavy (non-hydrogen) atoms. The minimum Gasteiger partial charge on any atom is -0.248 e. The fraction of sp³-hybridized carbons (Fsp3) is 0.250. The van der Waals surface area contributed by atoms with Gasteiger partial charge < -0.3 is 0 Å². The molecule has 0 atom stereocenters. The summed E-state index contributed by atoms with van der Waals surface area (Å²) in [5.41, 5.74) is 1.90. The number of benzene rings is 1. The second-order valence-electron chi connectivity index (χ2n) is 3.99. The fourth-order valence-electron chi connectivity index (χ4n) is 1.47. The molecule has 0 amide bonds. The highest BCUT2D eigenvalue weighted by atomic mass is 32.2. The van der Waals surface area contributed by atoms with Crippen LogP contribution in [0.2, 0.25) is 0 Å². The second kappa shape index (κ2) is 5.60. The third-order valence-corrected chi connectivity index (χ3v) is 4.48. The molecule has 1 N–H and O–H groups in total. The van der Waals surface area contributed by atoms with E-state index in [1.807, 2.05) is 36.6 Å². The van der Waals surface area contributed by atoms with Crippen LogP contribution in [0.3, 0.4) is 0 Å². The smallest absolute Gasteiger partial charge is 0.216 e. The predicted molar refractivity (Wildman–Crippen MR) is 72.8 cm³/mol. The Morgan fingerprint density at radius 2 is 2.00 bits per heavy atom. The van der Waals surface area contributed by atoms with Crippen LogP contribution in [0, 0.1) is 6.92 Å². The Morgan fingerprint density at radius 3 is 2.61 bits per heavy atom. The van der Waals surface area contributed by atoms with Gasteiger partial charge in [-0.2, -0.15) is 0 Å². The Kier molecular flexibility index (Phi) is 4.11. The Bertz CT molecular complexity index is 590.